The molecule has 1 heterocycles. The van der Waals surface area contributed by atoms with Crippen LogP contribution >= 0.6 is 0 Å². The summed E-state index contributed by atoms with van der Waals surface area (Å²) in [7, 11) is 0. The van der Waals surface area contributed by atoms with E-state index in [1.807, 2.05) is 19.1 Å². The van der Waals surface area contributed by atoms with Gasteiger partial charge in [0.1, 0.15) is 5.76 Å². The van der Waals surface area contributed by atoms with Gasteiger partial charge in [0.15, 0.2) is 5.76 Å². The van der Waals surface area contributed by atoms with Gasteiger partial charge < -0.3 is 4.42 Å². The zero-order valence-electron chi connectivity index (χ0n) is 11.6. The summed E-state index contributed by atoms with van der Waals surface area (Å²) in [6.45, 7) is 10.5. The van der Waals surface area contributed by atoms with Gasteiger partial charge in [0.25, 0.3) is 0 Å². The molecule has 0 saturated carbocycles. The highest BCUT2D eigenvalue weighted by atomic mass is 16.3. The van der Waals surface area contributed by atoms with E-state index in [9.17, 15) is 0 Å². The van der Waals surface area contributed by atoms with Crippen LogP contribution < -0.4 is 0 Å². The van der Waals surface area contributed by atoms with Gasteiger partial charge in [-0.1, -0.05) is 25.3 Å². The molecule has 0 fully saturated rings. The smallest absolute Gasteiger partial charge is 0.180 e. The fraction of sp³-hybridized carbons (Fsp3) is 0.500. The van der Waals surface area contributed by atoms with Crippen molar-refractivity contribution in [3.8, 4) is 11.8 Å². The van der Waals surface area contributed by atoms with Crippen LogP contribution in [0.4, 0.5) is 0 Å². The summed E-state index contributed by atoms with van der Waals surface area (Å²) < 4.78 is 5.70. The van der Waals surface area contributed by atoms with E-state index < -0.39 is 0 Å². The van der Waals surface area contributed by atoms with Crippen molar-refractivity contribution < 1.29 is 4.42 Å². The standard InChI is InChI=1S/C16H22O/c1-6-7-8-9-14-12-13(2)15(17-14)10-11-16(3,4)5/h8-9,12H,6-7H2,1-5H3/b9-8+. The van der Waals surface area contributed by atoms with E-state index in [1.165, 1.54) is 0 Å². The molecule has 0 aliphatic carbocycles. The molecule has 17 heavy (non-hydrogen) atoms. The minimum Gasteiger partial charge on any atom is -0.448 e. The van der Waals surface area contributed by atoms with Crippen molar-refractivity contribution in [3.05, 3.63) is 29.2 Å². The molecule has 0 saturated heterocycles. The van der Waals surface area contributed by atoms with Gasteiger partial charge in [-0.3, -0.25) is 0 Å². The van der Waals surface area contributed by atoms with E-state index in [0.29, 0.717) is 0 Å². The first kappa shape index (κ1) is 13.6. The quantitative estimate of drug-likeness (QED) is 0.680. The molecule has 1 rings (SSSR count). The zero-order valence-corrected chi connectivity index (χ0v) is 11.6. The number of aryl methyl sites for hydroxylation is 1. The van der Waals surface area contributed by atoms with Gasteiger partial charge in [-0.2, -0.15) is 0 Å². The van der Waals surface area contributed by atoms with Crippen LogP contribution in [0.1, 0.15) is 57.6 Å². The molecule has 0 amide bonds. The lowest BCUT2D eigenvalue weighted by atomic mass is 9.98. The van der Waals surface area contributed by atoms with E-state index in [0.717, 1.165) is 29.9 Å². The van der Waals surface area contributed by atoms with Gasteiger partial charge in [-0.05, 0) is 52.2 Å². The molecule has 0 atom stereocenters. The molecule has 1 nitrogen and oxygen atoms in total. The Hall–Kier alpha value is -1.42. The van der Waals surface area contributed by atoms with E-state index in [-0.39, 0.29) is 5.41 Å². The van der Waals surface area contributed by atoms with Crippen molar-refractivity contribution in [1.29, 1.82) is 0 Å². The molecule has 1 aromatic rings. The molecule has 0 radical (unpaired) electrons. The summed E-state index contributed by atoms with van der Waals surface area (Å²) in [4.78, 5) is 0. The van der Waals surface area contributed by atoms with Gasteiger partial charge >= 0.3 is 0 Å². The molecule has 0 N–H and O–H groups in total. The summed E-state index contributed by atoms with van der Waals surface area (Å²) in [5.41, 5.74) is 1.12. The second-order valence-corrected chi connectivity index (χ2v) is 5.35. The fourth-order valence-electron chi connectivity index (χ4n) is 1.32. The zero-order chi connectivity index (χ0) is 12.9. The molecule has 0 aromatic carbocycles. The molecule has 1 heteroatoms. The minimum absolute atomic E-state index is 0.0114. The van der Waals surface area contributed by atoms with Crippen LogP contribution in [0.2, 0.25) is 0 Å². The highest BCUT2D eigenvalue weighted by Crippen LogP contribution is 2.17. The highest BCUT2D eigenvalue weighted by molar-refractivity contribution is 5.48. The average Bonchev–Trinajstić information content (AvgIpc) is 2.56. The van der Waals surface area contributed by atoms with Crippen molar-refractivity contribution >= 4 is 6.08 Å². The van der Waals surface area contributed by atoms with Crippen LogP contribution in [0.25, 0.3) is 6.08 Å². The van der Waals surface area contributed by atoms with Crippen LogP contribution in [0, 0.1) is 24.2 Å². The first-order valence-electron chi connectivity index (χ1n) is 6.22. The summed E-state index contributed by atoms with van der Waals surface area (Å²) in [6, 6.07) is 2.04. The SMILES string of the molecule is CCC/C=C/c1cc(C)c(C#CC(C)(C)C)o1. The Bertz CT molecular complexity index is 444. The minimum atomic E-state index is 0.0114. The summed E-state index contributed by atoms with van der Waals surface area (Å²) >= 11 is 0. The number of rotatable bonds is 3. The van der Waals surface area contributed by atoms with E-state index in [1.54, 1.807) is 0 Å². The van der Waals surface area contributed by atoms with Crippen molar-refractivity contribution in [2.24, 2.45) is 5.41 Å². The number of hydrogen-bond acceptors (Lipinski definition) is 1. The number of unbranched alkanes of at least 4 members (excludes halogenated alkanes) is 1. The third-order valence-electron chi connectivity index (χ3n) is 2.23. The average molecular weight is 230 g/mol. The number of allylic oxidation sites excluding steroid dienone is 1. The van der Waals surface area contributed by atoms with Crippen LogP contribution in [0.15, 0.2) is 16.6 Å². The van der Waals surface area contributed by atoms with Crippen molar-refractivity contribution in [2.75, 3.05) is 0 Å². The van der Waals surface area contributed by atoms with Crippen LogP contribution in [0.3, 0.4) is 0 Å². The van der Waals surface area contributed by atoms with Gasteiger partial charge in [0.2, 0.25) is 0 Å². The first-order chi connectivity index (χ1) is 7.92. The Balaban J connectivity index is 2.85. The van der Waals surface area contributed by atoms with E-state index in [2.05, 4.69) is 45.6 Å². The van der Waals surface area contributed by atoms with Crippen molar-refractivity contribution in [2.45, 2.75) is 47.5 Å². The molecular formula is C16H22O. The highest BCUT2D eigenvalue weighted by Gasteiger charge is 2.06. The molecule has 0 spiro atoms. The maximum atomic E-state index is 5.70. The molecule has 0 bridgehead atoms. The summed E-state index contributed by atoms with van der Waals surface area (Å²) in [6.07, 6.45) is 6.41. The molecule has 0 aliphatic rings. The maximum absolute atomic E-state index is 5.70. The maximum Gasteiger partial charge on any atom is 0.180 e. The second kappa shape index (κ2) is 5.77. The molecule has 1 aromatic heterocycles. The summed E-state index contributed by atoms with van der Waals surface area (Å²) in [5, 5.41) is 0. The normalized spacial score (nSPS) is 11.6. The topological polar surface area (TPSA) is 13.1 Å². The third-order valence-corrected chi connectivity index (χ3v) is 2.23. The Morgan fingerprint density at radius 2 is 2.06 bits per heavy atom. The van der Waals surface area contributed by atoms with Gasteiger partial charge in [0.05, 0.1) is 0 Å². The van der Waals surface area contributed by atoms with Crippen LogP contribution in [-0.4, -0.2) is 0 Å². The summed E-state index contributed by atoms with van der Waals surface area (Å²) in [5.74, 6) is 7.99. The Morgan fingerprint density at radius 3 is 2.65 bits per heavy atom. The Labute approximate surface area is 105 Å². The third kappa shape index (κ3) is 4.95. The van der Waals surface area contributed by atoms with E-state index >= 15 is 0 Å². The lowest BCUT2D eigenvalue weighted by molar-refractivity contribution is 0.538. The van der Waals surface area contributed by atoms with Crippen LogP contribution in [0.5, 0.6) is 0 Å². The predicted molar refractivity (Wildman–Crippen MR) is 73.7 cm³/mol. The lowest BCUT2D eigenvalue weighted by Gasteiger charge is -2.06. The fourth-order valence-corrected chi connectivity index (χ4v) is 1.32. The first-order valence-corrected chi connectivity index (χ1v) is 6.22. The molecule has 92 valence electrons. The lowest BCUT2D eigenvalue weighted by Crippen LogP contribution is -1.99. The Kier molecular flexibility index (Phi) is 4.63. The molecular weight excluding hydrogens is 208 g/mol. The number of furan rings is 1. The van der Waals surface area contributed by atoms with Crippen molar-refractivity contribution in [3.63, 3.8) is 0 Å². The molecule has 0 aliphatic heterocycles. The van der Waals surface area contributed by atoms with Gasteiger partial charge in [0, 0.05) is 11.0 Å². The monoisotopic (exact) mass is 230 g/mol. The van der Waals surface area contributed by atoms with Gasteiger partial charge in [-0.25, -0.2) is 0 Å². The number of hydrogen-bond donors (Lipinski definition) is 0. The predicted octanol–water partition coefficient (Wildman–Crippen LogP) is 4.80. The van der Waals surface area contributed by atoms with E-state index in [4.69, 9.17) is 4.42 Å². The van der Waals surface area contributed by atoms with Crippen molar-refractivity contribution in [1.82, 2.24) is 0 Å². The van der Waals surface area contributed by atoms with Gasteiger partial charge in [-0.15, -0.1) is 0 Å². The largest absolute Gasteiger partial charge is 0.448 e. The molecule has 0 unspecified atom stereocenters. The Morgan fingerprint density at radius 1 is 1.35 bits per heavy atom. The van der Waals surface area contributed by atoms with Crippen LogP contribution in [-0.2, 0) is 0 Å². The second-order valence-electron chi connectivity index (χ2n) is 5.35.